The van der Waals surface area contributed by atoms with E-state index in [9.17, 15) is 9.59 Å². The van der Waals surface area contributed by atoms with Gasteiger partial charge in [0, 0.05) is 21.4 Å². The Balaban J connectivity index is 0.00000225. The Morgan fingerprint density at radius 3 is 2.96 bits per heavy atom. The quantitative estimate of drug-likeness (QED) is 0.915. The number of hydrogen-bond donors (Lipinski definition) is 1. The third kappa shape index (κ3) is 3.51. The van der Waals surface area contributed by atoms with Gasteiger partial charge in [-0.05, 0) is 37.8 Å². The van der Waals surface area contributed by atoms with E-state index in [1.54, 1.807) is 12.1 Å². The Bertz CT molecular complexity index is 771. The lowest BCUT2D eigenvalue weighted by molar-refractivity contribution is -0.114. The fourth-order valence-corrected chi connectivity index (χ4v) is 3.91. The number of likely N-dealkylation sites (tertiary alicyclic amines) is 1. The van der Waals surface area contributed by atoms with Crippen molar-refractivity contribution >= 4 is 28.3 Å². The molecular formula is C17H23N3O3S. The third-order valence-electron chi connectivity index (χ3n) is 4.06. The van der Waals surface area contributed by atoms with Crippen molar-refractivity contribution < 1.29 is 15.4 Å². The van der Waals surface area contributed by atoms with Crippen molar-refractivity contribution in [3.8, 4) is 10.6 Å². The Morgan fingerprint density at radius 1 is 1.46 bits per heavy atom. The molecule has 1 aliphatic rings. The van der Waals surface area contributed by atoms with Gasteiger partial charge in [0.05, 0.1) is 10.6 Å². The van der Waals surface area contributed by atoms with Crippen molar-refractivity contribution in [2.45, 2.75) is 33.6 Å². The van der Waals surface area contributed by atoms with Crippen LogP contribution in [0.1, 0.15) is 44.4 Å². The molecule has 0 saturated carbocycles. The van der Waals surface area contributed by atoms with Crippen LogP contribution >= 0.6 is 11.3 Å². The van der Waals surface area contributed by atoms with Gasteiger partial charge in [-0.1, -0.05) is 18.3 Å². The van der Waals surface area contributed by atoms with Crippen molar-refractivity contribution in [1.29, 1.82) is 0 Å². The van der Waals surface area contributed by atoms with Gasteiger partial charge in [-0.15, -0.1) is 0 Å². The van der Waals surface area contributed by atoms with E-state index in [-0.39, 0.29) is 13.2 Å². The Morgan fingerprint density at radius 2 is 2.25 bits per heavy atom. The second kappa shape index (κ2) is 6.76. The molecule has 6 nitrogen and oxygen atoms in total. The Kier molecular flexibility index (Phi) is 4.71. The van der Waals surface area contributed by atoms with E-state index in [2.05, 4.69) is 17.2 Å². The number of piperidine rings is 1. The van der Waals surface area contributed by atoms with Gasteiger partial charge in [-0.3, -0.25) is 9.59 Å². The average Bonchev–Trinajstić information content (AvgIpc) is 3.12. The normalized spacial score (nSPS) is 17.8. The van der Waals surface area contributed by atoms with Crippen LogP contribution in [0.2, 0.25) is 0 Å². The Hall–Kier alpha value is -2.15. The molecule has 1 unspecified atom stereocenters. The lowest BCUT2D eigenvalue weighted by Gasteiger charge is -2.30. The summed E-state index contributed by atoms with van der Waals surface area (Å²) in [6.07, 6.45) is 2.20. The van der Waals surface area contributed by atoms with Crippen molar-refractivity contribution in [2.24, 2.45) is 5.92 Å². The molecule has 2 amide bonds. The van der Waals surface area contributed by atoms with E-state index in [1.165, 1.54) is 24.7 Å². The van der Waals surface area contributed by atoms with E-state index in [4.69, 9.17) is 4.42 Å². The highest BCUT2D eigenvalue weighted by atomic mass is 32.1. The first kappa shape index (κ1) is 16.7. The topological polar surface area (TPSA) is 75.4 Å². The number of furan rings is 1. The standard InChI is InChI=1S/C17H21N3O3S.H2/c1-10-5-4-8-20(9-10)16(22)14-7-6-13(23-14)15-11(2)18-17(24-15)19-12(3)21;/h6-7,10H,4-5,8-9H2,1-3H3,(H,18,19,21);1H. The zero-order valence-electron chi connectivity index (χ0n) is 14.1. The summed E-state index contributed by atoms with van der Waals surface area (Å²) < 4.78 is 5.79. The first-order valence-electron chi connectivity index (χ1n) is 8.08. The van der Waals surface area contributed by atoms with Crippen LogP contribution in [-0.2, 0) is 4.79 Å². The minimum atomic E-state index is -0.162. The van der Waals surface area contributed by atoms with E-state index in [0.29, 0.717) is 22.6 Å². The highest BCUT2D eigenvalue weighted by Gasteiger charge is 2.25. The number of aromatic nitrogens is 1. The largest absolute Gasteiger partial charge is 0.450 e. The highest BCUT2D eigenvalue weighted by Crippen LogP contribution is 2.34. The number of nitrogens with zero attached hydrogens (tertiary/aromatic N) is 2. The van der Waals surface area contributed by atoms with Crippen molar-refractivity contribution in [2.75, 3.05) is 18.4 Å². The fourth-order valence-electron chi connectivity index (χ4n) is 2.93. The van der Waals surface area contributed by atoms with Crippen LogP contribution in [0.3, 0.4) is 0 Å². The van der Waals surface area contributed by atoms with Gasteiger partial charge < -0.3 is 14.6 Å². The maximum atomic E-state index is 12.6. The summed E-state index contributed by atoms with van der Waals surface area (Å²) in [5, 5.41) is 3.21. The number of amides is 2. The van der Waals surface area contributed by atoms with Gasteiger partial charge in [0.25, 0.3) is 5.91 Å². The first-order chi connectivity index (χ1) is 11.4. The molecule has 130 valence electrons. The van der Waals surface area contributed by atoms with E-state index in [1.807, 2.05) is 11.8 Å². The van der Waals surface area contributed by atoms with Crippen molar-refractivity contribution in [1.82, 2.24) is 9.88 Å². The summed E-state index contributed by atoms with van der Waals surface area (Å²) in [6, 6.07) is 3.51. The molecule has 1 atom stereocenters. The molecule has 0 aliphatic carbocycles. The van der Waals surface area contributed by atoms with Gasteiger partial charge in [-0.2, -0.15) is 0 Å². The van der Waals surface area contributed by atoms with Crippen LogP contribution in [0.5, 0.6) is 0 Å². The zero-order chi connectivity index (χ0) is 17.3. The molecule has 1 saturated heterocycles. The smallest absolute Gasteiger partial charge is 0.289 e. The lowest BCUT2D eigenvalue weighted by Crippen LogP contribution is -2.38. The Labute approximate surface area is 146 Å². The highest BCUT2D eigenvalue weighted by molar-refractivity contribution is 7.19. The minimum absolute atomic E-state index is 0. The van der Waals surface area contributed by atoms with Crippen LogP contribution in [0, 0.1) is 12.8 Å². The van der Waals surface area contributed by atoms with Crippen LogP contribution in [0.25, 0.3) is 10.6 Å². The van der Waals surface area contributed by atoms with Crippen LogP contribution < -0.4 is 5.32 Å². The molecule has 1 aliphatic heterocycles. The number of anilines is 1. The maximum absolute atomic E-state index is 12.6. The summed E-state index contributed by atoms with van der Waals surface area (Å²) in [6.45, 7) is 7.02. The summed E-state index contributed by atoms with van der Waals surface area (Å²) in [5.74, 6) is 1.27. The van der Waals surface area contributed by atoms with Gasteiger partial charge in [0.15, 0.2) is 10.9 Å². The van der Waals surface area contributed by atoms with E-state index in [0.717, 1.165) is 30.1 Å². The summed E-state index contributed by atoms with van der Waals surface area (Å²) in [7, 11) is 0. The molecule has 0 aromatic carbocycles. The monoisotopic (exact) mass is 349 g/mol. The summed E-state index contributed by atoms with van der Waals surface area (Å²) in [5.41, 5.74) is 0.767. The van der Waals surface area contributed by atoms with Crippen LogP contribution in [0.4, 0.5) is 5.13 Å². The van der Waals surface area contributed by atoms with E-state index >= 15 is 0 Å². The first-order valence-corrected chi connectivity index (χ1v) is 8.90. The molecule has 3 rings (SSSR count). The zero-order valence-corrected chi connectivity index (χ0v) is 14.9. The number of rotatable bonds is 3. The molecule has 2 aromatic heterocycles. The third-order valence-corrected chi connectivity index (χ3v) is 5.15. The van der Waals surface area contributed by atoms with Gasteiger partial charge in [-0.25, -0.2) is 4.98 Å². The molecule has 1 fully saturated rings. The summed E-state index contributed by atoms with van der Waals surface area (Å²) >= 11 is 1.34. The average molecular weight is 349 g/mol. The van der Waals surface area contributed by atoms with E-state index < -0.39 is 0 Å². The SMILES string of the molecule is CC(=O)Nc1nc(C)c(-c2ccc(C(=O)N3CCCC(C)C3)o2)s1.[HH]. The maximum Gasteiger partial charge on any atom is 0.289 e. The second-order valence-electron chi connectivity index (χ2n) is 6.28. The number of carbonyl (C=O) groups excluding carboxylic acids is 2. The molecule has 0 spiro atoms. The molecule has 0 bridgehead atoms. The lowest BCUT2D eigenvalue weighted by atomic mass is 10.0. The van der Waals surface area contributed by atoms with Gasteiger partial charge >= 0.3 is 0 Å². The molecule has 2 aromatic rings. The fraction of sp³-hybridized carbons (Fsp3) is 0.471. The van der Waals surface area contributed by atoms with Crippen molar-refractivity contribution in [3.05, 3.63) is 23.6 Å². The predicted molar refractivity (Wildman–Crippen MR) is 95.3 cm³/mol. The van der Waals surface area contributed by atoms with Gasteiger partial charge in [0.1, 0.15) is 5.76 Å². The number of nitrogens with one attached hydrogen (secondary N) is 1. The van der Waals surface area contributed by atoms with Crippen molar-refractivity contribution in [3.63, 3.8) is 0 Å². The molecule has 7 heteroatoms. The molecule has 0 radical (unpaired) electrons. The number of carbonyl (C=O) groups is 2. The number of hydrogen-bond acceptors (Lipinski definition) is 5. The van der Waals surface area contributed by atoms with Crippen LogP contribution in [-0.4, -0.2) is 34.8 Å². The summed E-state index contributed by atoms with van der Waals surface area (Å²) in [4.78, 5) is 30.7. The van der Waals surface area contributed by atoms with Gasteiger partial charge in [0.2, 0.25) is 5.91 Å². The molecule has 1 N–H and O–H groups in total. The van der Waals surface area contributed by atoms with Crippen LogP contribution in [0.15, 0.2) is 16.5 Å². The molecule has 24 heavy (non-hydrogen) atoms. The molecular weight excluding hydrogens is 326 g/mol. The predicted octanol–water partition coefficient (Wildman–Crippen LogP) is 3.79. The number of aryl methyl sites for hydroxylation is 1. The second-order valence-corrected chi connectivity index (χ2v) is 7.28. The number of thiazole rings is 1. The minimum Gasteiger partial charge on any atom is -0.450 e. The molecule has 3 heterocycles.